The normalized spacial score (nSPS) is 22.4. The van der Waals surface area contributed by atoms with Crippen LogP contribution in [0.25, 0.3) is 0 Å². The molecule has 37 heavy (non-hydrogen) atoms. The molecular formula is C27H34N6O2S2. The Hall–Kier alpha value is -2.79. The fourth-order valence-electron chi connectivity index (χ4n) is 5.35. The van der Waals surface area contributed by atoms with E-state index in [0.29, 0.717) is 28.7 Å². The number of piperidine rings is 1. The number of hydrogen-bond acceptors (Lipinski definition) is 8. The van der Waals surface area contributed by atoms with Crippen molar-refractivity contribution in [2.24, 2.45) is 0 Å². The number of thiophene rings is 1. The smallest absolute Gasteiger partial charge is 0.243 e. The number of sulfonamides is 1. The van der Waals surface area contributed by atoms with Crippen LogP contribution in [0, 0.1) is 0 Å². The second-order valence-corrected chi connectivity index (χ2v) is 12.8. The Labute approximate surface area is 223 Å². The molecule has 4 heterocycles. The van der Waals surface area contributed by atoms with E-state index in [2.05, 4.69) is 43.0 Å². The summed E-state index contributed by atoms with van der Waals surface area (Å²) in [5.74, 6) is 1.12. The molecule has 10 heteroatoms. The summed E-state index contributed by atoms with van der Waals surface area (Å²) in [5, 5.41) is 8.48. The van der Waals surface area contributed by atoms with Gasteiger partial charge in [-0.05, 0) is 81.3 Å². The van der Waals surface area contributed by atoms with Gasteiger partial charge >= 0.3 is 0 Å². The molecule has 0 amide bonds. The number of rotatable bonds is 9. The van der Waals surface area contributed by atoms with E-state index in [1.807, 2.05) is 19.9 Å². The Balaban J connectivity index is 1.23. The molecular weight excluding hydrogens is 504 g/mol. The van der Waals surface area contributed by atoms with E-state index < -0.39 is 10.0 Å². The Morgan fingerprint density at radius 3 is 2.54 bits per heavy atom. The first-order valence-electron chi connectivity index (χ1n) is 12.7. The fourth-order valence-corrected chi connectivity index (χ4v) is 7.44. The van der Waals surface area contributed by atoms with Gasteiger partial charge in [0, 0.05) is 54.2 Å². The van der Waals surface area contributed by atoms with Crippen LogP contribution in [0.1, 0.15) is 44.4 Å². The first kappa shape index (κ1) is 25.8. The minimum absolute atomic E-state index is 0.0177. The van der Waals surface area contributed by atoms with E-state index in [4.69, 9.17) is 0 Å². The van der Waals surface area contributed by atoms with Crippen molar-refractivity contribution in [1.82, 2.24) is 19.2 Å². The zero-order chi connectivity index (χ0) is 26.0. The van der Waals surface area contributed by atoms with Gasteiger partial charge in [0.2, 0.25) is 16.0 Å². The van der Waals surface area contributed by atoms with E-state index in [-0.39, 0.29) is 6.04 Å². The van der Waals surface area contributed by atoms with Gasteiger partial charge in [0.05, 0.1) is 4.90 Å². The lowest BCUT2D eigenvalue weighted by molar-refractivity contribution is 0.0916. The van der Waals surface area contributed by atoms with Crippen LogP contribution in [0.15, 0.2) is 70.7 Å². The average Bonchev–Trinajstić information content (AvgIpc) is 3.48. The van der Waals surface area contributed by atoms with E-state index in [1.165, 1.54) is 4.88 Å². The van der Waals surface area contributed by atoms with Gasteiger partial charge < -0.3 is 10.6 Å². The minimum Gasteiger partial charge on any atom is -0.344 e. The number of nitrogens with one attached hydrogen (secondary N) is 2. The van der Waals surface area contributed by atoms with Gasteiger partial charge in [-0.1, -0.05) is 12.1 Å². The van der Waals surface area contributed by atoms with Gasteiger partial charge in [0.1, 0.15) is 5.82 Å². The Bertz CT molecular complexity index is 1330. The molecule has 0 radical (unpaired) electrons. The summed E-state index contributed by atoms with van der Waals surface area (Å²) in [7, 11) is -1.86. The highest BCUT2D eigenvalue weighted by molar-refractivity contribution is 7.89. The van der Waals surface area contributed by atoms with E-state index in [0.717, 1.165) is 43.6 Å². The molecule has 8 nitrogen and oxygen atoms in total. The van der Waals surface area contributed by atoms with Crippen LogP contribution in [-0.2, 0) is 16.6 Å². The standard InChI is InChI=1S/C27H34N6O2S2/c1-4-19(2)29-26-13-14-28-27(31-26)30-20-7-11-25(12-8-20)37(34,35)32(3)23-16-21-9-10-22(17-23)33(21)18-24-6-5-15-36-24/h4-8,11-15,21-23H,9-10,16-18H2,1-3H3,(H2,28,29,30,31)/b19-4+. The summed E-state index contributed by atoms with van der Waals surface area (Å²) in [5.41, 5.74) is 1.71. The highest BCUT2D eigenvalue weighted by Gasteiger charge is 2.44. The molecule has 2 unspecified atom stereocenters. The van der Waals surface area contributed by atoms with Crippen molar-refractivity contribution >= 4 is 38.8 Å². The quantitative estimate of drug-likeness (QED) is 0.375. The predicted molar refractivity (Wildman–Crippen MR) is 149 cm³/mol. The average molecular weight is 539 g/mol. The first-order valence-corrected chi connectivity index (χ1v) is 15.0. The SMILES string of the molecule is C/C=C(\C)Nc1ccnc(Nc2ccc(S(=O)(=O)N(C)C3CC4CCC(C3)N4Cc3cccs3)cc2)n1. The number of hydrogen-bond donors (Lipinski definition) is 2. The van der Waals surface area contributed by atoms with Crippen molar-refractivity contribution in [2.75, 3.05) is 17.7 Å². The van der Waals surface area contributed by atoms with Crippen molar-refractivity contribution in [1.29, 1.82) is 0 Å². The van der Waals surface area contributed by atoms with Gasteiger partial charge in [-0.25, -0.2) is 13.4 Å². The van der Waals surface area contributed by atoms with Crippen LogP contribution < -0.4 is 10.6 Å². The highest BCUT2D eigenvalue weighted by Crippen LogP contribution is 2.40. The minimum atomic E-state index is -3.60. The van der Waals surface area contributed by atoms with Crippen LogP contribution in [0.5, 0.6) is 0 Å². The maximum absolute atomic E-state index is 13.5. The lowest BCUT2D eigenvalue weighted by atomic mass is 9.97. The molecule has 2 N–H and O–H groups in total. The predicted octanol–water partition coefficient (Wildman–Crippen LogP) is 5.43. The Morgan fingerprint density at radius 2 is 1.89 bits per heavy atom. The molecule has 5 rings (SSSR count). The molecule has 2 saturated heterocycles. The number of aromatic nitrogens is 2. The highest BCUT2D eigenvalue weighted by atomic mass is 32.2. The van der Waals surface area contributed by atoms with Crippen LogP contribution in [0.2, 0.25) is 0 Å². The number of benzene rings is 1. The molecule has 2 atom stereocenters. The monoisotopic (exact) mass is 538 g/mol. The summed E-state index contributed by atoms with van der Waals surface area (Å²) < 4.78 is 28.6. The molecule has 0 spiro atoms. The first-order chi connectivity index (χ1) is 17.8. The molecule has 2 bridgehead atoms. The maximum Gasteiger partial charge on any atom is 0.243 e. The molecule has 2 aromatic heterocycles. The third-order valence-corrected chi connectivity index (χ3v) is 10.3. The van der Waals surface area contributed by atoms with Crippen molar-refractivity contribution in [3.8, 4) is 0 Å². The molecule has 2 aliphatic rings. The number of anilines is 3. The summed E-state index contributed by atoms with van der Waals surface area (Å²) in [4.78, 5) is 13.0. The zero-order valence-electron chi connectivity index (χ0n) is 21.5. The lowest BCUT2D eigenvalue weighted by Crippen LogP contribution is -2.50. The fraction of sp³-hybridized carbons (Fsp3) is 0.407. The second kappa shape index (κ2) is 10.9. The maximum atomic E-state index is 13.5. The summed E-state index contributed by atoms with van der Waals surface area (Å²) in [6.45, 7) is 4.89. The summed E-state index contributed by atoms with van der Waals surface area (Å²) in [6.07, 6.45) is 7.69. The Kier molecular flexibility index (Phi) is 7.62. The number of nitrogens with zero attached hydrogens (tertiary/aromatic N) is 4. The van der Waals surface area contributed by atoms with Gasteiger partial charge in [-0.3, -0.25) is 4.90 Å². The number of allylic oxidation sites excluding steroid dienone is 2. The Morgan fingerprint density at radius 1 is 1.16 bits per heavy atom. The van der Waals surface area contributed by atoms with Crippen LogP contribution in [0.3, 0.4) is 0 Å². The van der Waals surface area contributed by atoms with Crippen molar-refractivity contribution in [2.45, 2.75) is 69.1 Å². The number of fused-ring (bicyclic) bond motifs is 2. The van der Waals surface area contributed by atoms with Gasteiger partial charge in [0.15, 0.2) is 0 Å². The van der Waals surface area contributed by atoms with Gasteiger partial charge in [-0.2, -0.15) is 9.29 Å². The van der Waals surface area contributed by atoms with Gasteiger partial charge in [0.25, 0.3) is 0 Å². The van der Waals surface area contributed by atoms with Crippen LogP contribution in [0.4, 0.5) is 17.5 Å². The molecule has 0 saturated carbocycles. The third-order valence-electron chi connectivity index (χ3n) is 7.49. The van der Waals surface area contributed by atoms with E-state index in [9.17, 15) is 8.42 Å². The van der Waals surface area contributed by atoms with Crippen molar-refractivity contribution < 1.29 is 8.42 Å². The van der Waals surface area contributed by atoms with Crippen molar-refractivity contribution in [3.63, 3.8) is 0 Å². The van der Waals surface area contributed by atoms with E-state index >= 15 is 0 Å². The summed E-state index contributed by atoms with van der Waals surface area (Å²) >= 11 is 1.80. The topological polar surface area (TPSA) is 90.5 Å². The lowest BCUT2D eigenvalue weighted by Gasteiger charge is -2.41. The van der Waals surface area contributed by atoms with Crippen LogP contribution in [-0.4, -0.2) is 52.8 Å². The van der Waals surface area contributed by atoms with E-state index in [1.54, 1.807) is 59.2 Å². The molecule has 196 valence electrons. The van der Waals surface area contributed by atoms with Crippen LogP contribution >= 0.6 is 11.3 Å². The molecule has 0 aliphatic carbocycles. The summed E-state index contributed by atoms with van der Waals surface area (Å²) in [6, 6.07) is 13.8. The second-order valence-electron chi connectivity index (χ2n) is 9.79. The zero-order valence-corrected chi connectivity index (χ0v) is 23.1. The molecule has 3 aromatic rings. The molecule has 2 fully saturated rings. The van der Waals surface area contributed by atoms with Crippen molar-refractivity contribution in [3.05, 3.63) is 70.7 Å². The molecule has 2 aliphatic heterocycles. The largest absolute Gasteiger partial charge is 0.344 e. The van der Waals surface area contributed by atoms with Gasteiger partial charge in [-0.15, -0.1) is 11.3 Å². The molecule has 1 aromatic carbocycles. The third kappa shape index (κ3) is 5.72.